The number of nitrogens with zero attached hydrogens (tertiary/aromatic N) is 1. The summed E-state index contributed by atoms with van der Waals surface area (Å²) in [7, 11) is 3.27. The summed E-state index contributed by atoms with van der Waals surface area (Å²) in [5.41, 5.74) is -0.122. The van der Waals surface area contributed by atoms with Crippen LogP contribution in [0.25, 0.3) is 10.8 Å². The predicted octanol–water partition coefficient (Wildman–Crippen LogP) is 3.56. The molecule has 9 heteroatoms. The molecule has 31 heavy (non-hydrogen) atoms. The van der Waals surface area contributed by atoms with Crippen LogP contribution >= 0.6 is 11.6 Å². The van der Waals surface area contributed by atoms with Crippen molar-refractivity contribution in [2.24, 2.45) is 5.92 Å². The molecule has 2 aromatic rings. The van der Waals surface area contributed by atoms with E-state index in [1.807, 2.05) is 27.7 Å². The summed E-state index contributed by atoms with van der Waals surface area (Å²) >= 11 is 5.79. The lowest BCUT2D eigenvalue weighted by Crippen LogP contribution is -2.37. The zero-order valence-corrected chi connectivity index (χ0v) is 19.5. The first-order chi connectivity index (χ1) is 14.4. The SMILES string of the molecule is CC1CCN(C=O)C1C(=O)O.COC(C)(C)C.COc1c[nH]c(=O)c2cc(Cl)ccc12. The maximum atomic E-state index is 11.4. The number of pyridine rings is 1. The zero-order chi connectivity index (χ0) is 23.8. The lowest BCUT2D eigenvalue weighted by molar-refractivity contribution is -0.145. The Bertz CT molecular complexity index is 938. The van der Waals surface area contributed by atoms with Crippen molar-refractivity contribution in [1.82, 2.24) is 9.88 Å². The highest BCUT2D eigenvalue weighted by molar-refractivity contribution is 6.31. The Morgan fingerprint density at radius 2 is 1.90 bits per heavy atom. The molecule has 1 amide bonds. The molecular formula is C22H31ClN2O6. The number of rotatable bonds is 3. The number of benzene rings is 1. The quantitative estimate of drug-likeness (QED) is 0.686. The number of carbonyl (C=O) groups is 2. The van der Waals surface area contributed by atoms with Crippen LogP contribution in [0.2, 0.25) is 5.02 Å². The molecule has 0 bridgehead atoms. The summed E-state index contributed by atoms with van der Waals surface area (Å²) in [5.74, 6) is -0.184. The second-order valence-electron chi connectivity index (χ2n) is 8.08. The first kappa shape index (κ1) is 26.5. The number of aliphatic carboxylic acids is 1. The van der Waals surface area contributed by atoms with Crippen LogP contribution in [0.1, 0.15) is 34.1 Å². The summed E-state index contributed by atoms with van der Waals surface area (Å²) in [4.78, 5) is 36.3. The van der Waals surface area contributed by atoms with Crippen molar-refractivity contribution in [2.45, 2.75) is 45.8 Å². The van der Waals surface area contributed by atoms with Crippen molar-refractivity contribution in [2.75, 3.05) is 20.8 Å². The number of H-pyrrole nitrogens is 1. The van der Waals surface area contributed by atoms with Crippen LogP contribution in [-0.4, -0.2) is 59.8 Å². The third-order valence-electron chi connectivity index (χ3n) is 4.79. The number of aromatic amines is 1. The highest BCUT2D eigenvalue weighted by Crippen LogP contribution is 2.24. The number of hydrogen-bond donors (Lipinski definition) is 2. The lowest BCUT2D eigenvalue weighted by atomic mass is 10.0. The third kappa shape index (κ3) is 7.88. The molecule has 2 atom stereocenters. The maximum Gasteiger partial charge on any atom is 0.326 e. The van der Waals surface area contributed by atoms with Crippen LogP contribution in [-0.2, 0) is 14.3 Å². The Balaban J connectivity index is 0.000000253. The van der Waals surface area contributed by atoms with Gasteiger partial charge in [-0.25, -0.2) is 4.79 Å². The number of fused-ring (bicyclic) bond motifs is 1. The van der Waals surface area contributed by atoms with Gasteiger partial charge in [-0.3, -0.25) is 9.59 Å². The van der Waals surface area contributed by atoms with Crippen LogP contribution in [0.15, 0.2) is 29.2 Å². The monoisotopic (exact) mass is 454 g/mol. The van der Waals surface area contributed by atoms with Gasteiger partial charge in [-0.1, -0.05) is 18.5 Å². The average molecular weight is 455 g/mol. The topological polar surface area (TPSA) is 109 Å². The van der Waals surface area contributed by atoms with E-state index in [2.05, 4.69) is 4.98 Å². The molecule has 172 valence electrons. The van der Waals surface area contributed by atoms with Crippen molar-refractivity contribution in [3.05, 3.63) is 39.8 Å². The van der Waals surface area contributed by atoms with E-state index < -0.39 is 12.0 Å². The minimum Gasteiger partial charge on any atom is -0.495 e. The number of carbonyl (C=O) groups excluding carboxylic acids is 1. The molecule has 1 saturated heterocycles. The molecule has 1 fully saturated rings. The van der Waals surface area contributed by atoms with Gasteiger partial charge in [0.05, 0.1) is 18.1 Å². The molecule has 1 aromatic heterocycles. The van der Waals surface area contributed by atoms with Crippen molar-refractivity contribution >= 4 is 34.8 Å². The van der Waals surface area contributed by atoms with Gasteiger partial charge < -0.3 is 24.5 Å². The number of hydrogen-bond acceptors (Lipinski definition) is 5. The number of carboxylic acids is 1. The fourth-order valence-corrected chi connectivity index (χ4v) is 3.03. The number of amides is 1. The molecule has 0 radical (unpaired) electrons. The van der Waals surface area contributed by atoms with Gasteiger partial charge in [0.2, 0.25) is 6.41 Å². The highest BCUT2D eigenvalue weighted by Gasteiger charge is 2.35. The Kier molecular flexibility index (Phi) is 10.00. The fourth-order valence-electron chi connectivity index (χ4n) is 2.85. The van der Waals surface area contributed by atoms with Crippen LogP contribution in [0.4, 0.5) is 0 Å². The van der Waals surface area contributed by atoms with E-state index in [4.69, 9.17) is 26.2 Å². The van der Waals surface area contributed by atoms with E-state index in [0.717, 1.165) is 11.8 Å². The summed E-state index contributed by atoms with van der Waals surface area (Å²) in [5, 5.41) is 10.5. The Morgan fingerprint density at radius 1 is 1.29 bits per heavy atom. The highest BCUT2D eigenvalue weighted by atomic mass is 35.5. The average Bonchev–Trinajstić information content (AvgIpc) is 3.10. The molecule has 1 aromatic carbocycles. The van der Waals surface area contributed by atoms with Crippen LogP contribution < -0.4 is 10.3 Å². The largest absolute Gasteiger partial charge is 0.495 e. The summed E-state index contributed by atoms with van der Waals surface area (Å²) in [6.45, 7) is 8.48. The van der Waals surface area contributed by atoms with E-state index in [-0.39, 0.29) is 17.1 Å². The van der Waals surface area contributed by atoms with E-state index >= 15 is 0 Å². The van der Waals surface area contributed by atoms with Gasteiger partial charge in [0.25, 0.3) is 5.56 Å². The molecule has 3 rings (SSSR count). The van der Waals surface area contributed by atoms with Gasteiger partial charge in [0.15, 0.2) is 0 Å². The molecule has 2 unspecified atom stereocenters. The zero-order valence-electron chi connectivity index (χ0n) is 18.8. The second kappa shape index (κ2) is 11.7. The number of likely N-dealkylation sites (tertiary alicyclic amines) is 1. The van der Waals surface area contributed by atoms with Crippen molar-refractivity contribution in [3.63, 3.8) is 0 Å². The smallest absolute Gasteiger partial charge is 0.326 e. The molecular weight excluding hydrogens is 424 g/mol. The number of carboxylic acid groups (broad SMARTS) is 1. The standard InChI is InChI=1S/C10H8ClNO2.C7H11NO3.C5H12O/c1-14-9-5-12-10(13)8-4-6(11)2-3-7(8)9;1-5-2-3-8(4-9)6(5)7(10)11;1-5(2,3)6-4/h2-5H,1H3,(H,12,13);4-6H,2-3H2,1H3,(H,10,11);1-4H3. The third-order valence-corrected chi connectivity index (χ3v) is 5.02. The molecule has 0 aliphatic carbocycles. The van der Waals surface area contributed by atoms with Crippen molar-refractivity contribution in [3.8, 4) is 5.75 Å². The van der Waals surface area contributed by atoms with Crippen LogP contribution in [0, 0.1) is 5.92 Å². The van der Waals surface area contributed by atoms with Crippen LogP contribution in [0.3, 0.4) is 0 Å². The molecule has 2 heterocycles. The second-order valence-corrected chi connectivity index (χ2v) is 8.52. The molecule has 1 aliphatic heterocycles. The fraction of sp³-hybridized carbons (Fsp3) is 0.500. The minimum atomic E-state index is -0.901. The van der Waals surface area contributed by atoms with E-state index in [0.29, 0.717) is 29.1 Å². The molecule has 0 spiro atoms. The van der Waals surface area contributed by atoms with Gasteiger partial charge in [-0.15, -0.1) is 0 Å². The van der Waals surface area contributed by atoms with Gasteiger partial charge in [-0.05, 0) is 51.3 Å². The lowest BCUT2D eigenvalue weighted by Gasteiger charge is -2.17. The van der Waals surface area contributed by atoms with E-state index in [1.54, 1.807) is 38.6 Å². The van der Waals surface area contributed by atoms with E-state index in [1.165, 1.54) is 4.90 Å². The molecule has 8 nitrogen and oxygen atoms in total. The van der Waals surface area contributed by atoms with Gasteiger partial charge in [-0.2, -0.15) is 0 Å². The van der Waals surface area contributed by atoms with Crippen molar-refractivity contribution in [1.29, 1.82) is 0 Å². The predicted molar refractivity (Wildman–Crippen MR) is 121 cm³/mol. The maximum absolute atomic E-state index is 11.4. The Hall–Kier alpha value is -2.58. The normalized spacial score (nSPS) is 17.8. The van der Waals surface area contributed by atoms with Gasteiger partial charge >= 0.3 is 5.97 Å². The van der Waals surface area contributed by atoms with E-state index in [9.17, 15) is 14.4 Å². The van der Waals surface area contributed by atoms with Gasteiger partial charge in [0.1, 0.15) is 11.8 Å². The number of halogens is 1. The number of methoxy groups -OCH3 is 2. The number of nitrogens with one attached hydrogen (secondary N) is 1. The minimum absolute atomic E-state index is 0.0417. The number of ether oxygens (including phenoxy) is 2. The van der Waals surface area contributed by atoms with Crippen LogP contribution in [0.5, 0.6) is 5.75 Å². The summed E-state index contributed by atoms with van der Waals surface area (Å²) in [6.07, 6.45) is 2.94. The summed E-state index contributed by atoms with van der Waals surface area (Å²) < 4.78 is 10.0. The number of aromatic nitrogens is 1. The Labute approximate surface area is 187 Å². The first-order valence-electron chi connectivity index (χ1n) is 9.79. The summed E-state index contributed by atoms with van der Waals surface area (Å²) in [6, 6.07) is 4.52. The molecule has 2 N–H and O–H groups in total. The molecule has 0 saturated carbocycles. The molecule has 1 aliphatic rings. The first-order valence-corrected chi connectivity index (χ1v) is 10.2. The van der Waals surface area contributed by atoms with Gasteiger partial charge in [0, 0.05) is 30.3 Å². The Morgan fingerprint density at radius 3 is 2.35 bits per heavy atom. The van der Waals surface area contributed by atoms with Crippen molar-refractivity contribution < 1.29 is 24.2 Å².